The molecule has 162 valence electrons. The standard InChI is InChI=1S/C21H24FNO6S/c1-26-18-12-15(22)21(13-19(18)27-2)30(24,25)23-8-3-5-16(23)14-6-7-17-20(11-14)29-10-4-9-28-17/h6-7,11-13,16H,3-5,8-10H2,1-2H3. The monoisotopic (exact) mass is 437 g/mol. The molecule has 1 fully saturated rings. The number of nitrogens with zero attached hydrogens (tertiary/aromatic N) is 1. The minimum absolute atomic E-state index is 0.134. The molecule has 1 atom stereocenters. The average molecular weight is 437 g/mol. The molecule has 2 aliphatic heterocycles. The lowest BCUT2D eigenvalue weighted by Gasteiger charge is -2.25. The first-order valence-electron chi connectivity index (χ1n) is 9.78. The van der Waals surface area contributed by atoms with Crippen molar-refractivity contribution in [2.75, 3.05) is 34.0 Å². The van der Waals surface area contributed by atoms with Crippen LogP contribution in [0.25, 0.3) is 0 Å². The number of benzene rings is 2. The molecular weight excluding hydrogens is 413 g/mol. The molecule has 2 aromatic rings. The van der Waals surface area contributed by atoms with Gasteiger partial charge >= 0.3 is 0 Å². The third-order valence-electron chi connectivity index (χ3n) is 5.38. The SMILES string of the molecule is COc1cc(F)c(S(=O)(=O)N2CCCC2c2ccc3c(c2)OCCCO3)cc1OC. The second-order valence-corrected chi connectivity index (χ2v) is 9.03. The van der Waals surface area contributed by atoms with Crippen molar-refractivity contribution in [3.63, 3.8) is 0 Å². The maximum atomic E-state index is 14.7. The molecule has 1 saturated heterocycles. The zero-order valence-electron chi connectivity index (χ0n) is 16.9. The normalized spacial score (nSPS) is 19.4. The summed E-state index contributed by atoms with van der Waals surface area (Å²) in [5.74, 6) is 0.664. The highest BCUT2D eigenvalue weighted by Gasteiger charge is 2.38. The Hall–Kier alpha value is -2.52. The quantitative estimate of drug-likeness (QED) is 0.713. The fraction of sp³-hybridized carbons (Fsp3) is 0.429. The number of rotatable bonds is 5. The summed E-state index contributed by atoms with van der Waals surface area (Å²) in [6.45, 7) is 1.42. The van der Waals surface area contributed by atoms with Crippen LogP contribution in [0.4, 0.5) is 4.39 Å². The third-order valence-corrected chi connectivity index (χ3v) is 7.31. The van der Waals surface area contributed by atoms with Gasteiger partial charge in [-0.1, -0.05) is 6.07 Å². The van der Waals surface area contributed by atoms with Gasteiger partial charge in [-0.15, -0.1) is 0 Å². The van der Waals surface area contributed by atoms with Crippen LogP contribution in [0.1, 0.15) is 30.9 Å². The molecule has 2 heterocycles. The van der Waals surface area contributed by atoms with Gasteiger partial charge in [-0.2, -0.15) is 4.31 Å². The van der Waals surface area contributed by atoms with Crippen LogP contribution in [0.5, 0.6) is 23.0 Å². The van der Waals surface area contributed by atoms with E-state index in [0.717, 1.165) is 18.1 Å². The van der Waals surface area contributed by atoms with Gasteiger partial charge in [0, 0.05) is 25.1 Å². The second kappa shape index (κ2) is 8.31. The van der Waals surface area contributed by atoms with Crippen molar-refractivity contribution < 1.29 is 31.8 Å². The van der Waals surface area contributed by atoms with Crippen molar-refractivity contribution >= 4 is 10.0 Å². The summed E-state index contributed by atoms with van der Waals surface area (Å²) in [5.41, 5.74) is 0.793. The van der Waals surface area contributed by atoms with E-state index in [0.29, 0.717) is 44.1 Å². The first-order chi connectivity index (χ1) is 14.5. The number of methoxy groups -OCH3 is 2. The van der Waals surface area contributed by atoms with Crippen molar-refractivity contribution in [1.82, 2.24) is 4.31 Å². The fourth-order valence-electron chi connectivity index (χ4n) is 3.91. The molecule has 0 N–H and O–H groups in total. The van der Waals surface area contributed by atoms with Crippen molar-refractivity contribution in [3.8, 4) is 23.0 Å². The van der Waals surface area contributed by atoms with Crippen LogP contribution in [0, 0.1) is 5.82 Å². The summed E-state index contributed by atoms with van der Waals surface area (Å²) in [7, 11) is -1.36. The summed E-state index contributed by atoms with van der Waals surface area (Å²) in [5, 5.41) is 0. The Labute approximate surface area is 175 Å². The molecule has 30 heavy (non-hydrogen) atoms. The Morgan fingerprint density at radius 2 is 1.70 bits per heavy atom. The number of ether oxygens (including phenoxy) is 4. The van der Waals surface area contributed by atoms with E-state index in [1.54, 1.807) is 6.07 Å². The fourth-order valence-corrected chi connectivity index (χ4v) is 5.65. The van der Waals surface area contributed by atoms with Gasteiger partial charge in [-0.25, -0.2) is 12.8 Å². The van der Waals surface area contributed by atoms with E-state index in [9.17, 15) is 12.8 Å². The van der Waals surface area contributed by atoms with Gasteiger partial charge in [0.1, 0.15) is 10.7 Å². The van der Waals surface area contributed by atoms with Crippen molar-refractivity contribution in [2.24, 2.45) is 0 Å². The Kier molecular flexibility index (Phi) is 5.75. The van der Waals surface area contributed by atoms with E-state index >= 15 is 0 Å². The molecular formula is C21H24FNO6S. The molecule has 4 rings (SSSR count). The highest BCUT2D eigenvalue weighted by Crippen LogP contribution is 2.42. The van der Waals surface area contributed by atoms with E-state index in [1.807, 2.05) is 12.1 Å². The zero-order chi connectivity index (χ0) is 21.3. The Morgan fingerprint density at radius 1 is 1.00 bits per heavy atom. The lowest BCUT2D eigenvalue weighted by Crippen LogP contribution is -2.31. The third kappa shape index (κ3) is 3.67. The lowest BCUT2D eigenvalue weighted by atomic mass is 10.0. The first-order valence-corrected chi connectivity index (χ1v) is 11.2. The molecule has 0 aliphatic carbocycles. The van der Waals surface area contributed by atoms with Crippen molar-refractivity contribution in [1.29, 1.82) is 0 Å². The molecule has 0 saturated carbocycles. The number of hydrogen-bond donors (Lipinski definition) is 0. The number of sulfonamides is 1. The molecule has 0 aromatic heterocycles. The molecule has 0 spiro atoms. The highest BCUT2D eigenvalue weighted by molar-refractivity contribution is 7.89. The van der Waals surface area contributed by atoms with Crippen LogP contribution >= 0.6 is 0 Å². The highest BCUT2D eigenvalue weighted by atomic mass is 32.2. The summed E-state index contributed by atoms with van der Waals surface area (Å²) in [6, 6.07) is 7.26. The average Bonchev–Trinajstić information content (AvgIpc) is 3.13. The van der Waals surface area contributed by atoms with Crippen molar-refractivity contribution in [3.05, 3.63) is 41.7 Å². The number of halogens is 1. The van der Waals surface area contributed by atoms with E-state index in [-0.39, 0.29) is 11.5 Å². The molecule has 2 aromatic carbocycles. The van der Waals surface area contributed by atoms with Gasteiger partial charge in [-0.05, 0) is 30.5 Å². The minimum Gasteiger partial charge on any atom is -0.493 e. The molecule has 0 bridgehead atoms. The molecule has 2 aliphatic rings. The van der Waals surface area contributed by atoms with Crippen LogP contribution < -0.4 is 18.9 Å². The Balaban J connectivity index is 1.71. The maximum Gasteiger partial charge on any atom is 0.246 e. The van der Waals surface area contributed by atoms with Crippen LogP contribution in [0.2, 0.25) is 0 Å². The molecule has 0 amide bonds. The minimum atomic E-state index is -4.10. The van der Waals surface area contributed by atoms with E-state index in [4.69, 9.17) is 18.9 Å². The topological polar surface area (TPSA) is 74.3 Å². The maximum absolute atomic E-state index is 14.7. The number of fused-ring (bicyclic) bond motifs is 1. The van der Waals surface area contributed by atoms with Crippen LogP contribution in [0.3, 0.4) is 0 Å². The summed E-state index contributed by atoms with van der Waals surface area (Å²) in [6.07, 6.45) is 2.09. The van der Waals surface area contributed by atoms with Gasteiger partial charge in [0.2, 0.25) is 10.0 Å². The lowest BCUT2D eigenvalue weighted by molar-refractivity contribution is 0.296. The molecule has 9 heteroatoms. The van der Waals surface area contributed by atoms with E-state index in [1.165, 1.54) is 24.6 Å². The number of hydrogen-bond acceptors (Lipinski definition) is 6. The van der Waals surface area contributed by atoms with Crippen molar-refractivity contribution in [2.45, 2.75) is 30.2 Å². The Morgan fingerprint density at radius 3 is 2.43 bits per heavy atom. The van der Waals surface area contributed by atoms with Gasteiger partial charge in [0.15, 0.2) is 23.0 Å². The predicted octanol–water partition coefficient (Wildman–Crippen LogP) is 3.53. The smallest absolute Gasteiger partial charge is 0.246 e. The zero-order valence-corrected chi connectivity index (χ0v) is 17.7. The Bertz CT molecular complexity index is 1040. The molecule has 7 nitrogen and oxygen atoms in total. The summed E-state index contributed by atoms with van der Waals surface area (Å²) < 4.78 is 64.5. The van der Waals surface area contributed by atoms with Crippen LogP contribution in [0.15, 0.2) is 35.2 Å². The van der Waals surface area contributed by atoms with Gasteiger partial charge in [-0.3, -0.25) is 0 Å². The van der Waals surface area contributed by atoms with Gasteiger partial charge in [0.05, 0.1) is 33.5 Å². The summed E-state index contributed by atoms with van der Waals surface area (Å²) >= 11 is 0. The molecule has 0 radical (unpaired) electrons. The summed E-state index contributed by atoms with van der Waals surface area (Å²) in [4.78, 5) is -0.429. The van der Waals surface area contributed by atoms with Gasteiger partial charge in [0.25, 0.3) is 0 Å². The first kappa shape index (κ1) is 20.7. The molecule has 1 unspecified atom stereocenters. The van der Waals surface area contributed by atoms with E-state index < -0.39 is 26.8 Å². The van der Waals surface area contributed by atoms with Crippen LogP contribution in [-0.2, 0) is 10.0 Å². The second-order valence-electron chi connectivity index (χ2n) is 7.17. The van der Waals surface area contributed by atoms with Crippen LogP contribution in [-0.4, -0.2) is 46.7 Å². The predicted molar refractivity (Wildman–Crippen MR) is 107 cm³/mol. The largest absolute Gasteiger partial charge is 0.493 e. The van der Waals surface area contributed by atoms with Gasteiger partial charge < -0.3 is 18.9 Å². The van der Waals surface area contributed by atoms with E-state index in [2.05, 4.69) is 0 Å².